The summed E-state index contributed by atoms with van der Waals surface area (Å²) in [5.74, 6) is 2.88. The lowest BCUT2D eigenvalue weighted by Gasteiger charge is -2.36. The summed E-state index contributed by atoms with van der Waals surface area (Å²) in [5, 5.41) is 20.9. The van der Waals surface area contributed by atoms with Gasteiger partial charge in [0, 0.05) is 70.7 Å². The zero-order valence-electron chi connectivity index (χ0n) is 19.8. The number of aliphatic hydroxyl groups excluding tert-OH is 1. The molecule has 0 bridgehead atoms. The van der Waals surface area contributed by atoms with Gasteiger partial charge in [-0.25, -0.2) is 4.79 Å². The number of aliphatic hydroxyl groups is 1. The summed E-state index contributed by atoms with van der Waals surface area (Å²) in [7, 11) is 3.14. The third-order valence-corrected chi connectivity index (χ3v) is 6.27. The van der Waals surface area contributed by atoms with Gasteiger partial charge < -0.3 is 34.6 Å². The molecule has 0 atom stereocenters. The molecule has 0 aliphatic carbocycles. The van der Waals surface area contributed by atoms with Crippen LogP contribution < -0.4 is 24.6 Å². The molecule has 0 saturated carbocycles. The van der Waals surface area contributed by atoms with Gasteiger partial charge in [-0.15, -0.1) is 10.2 Å². The van der Waals surface area contributed by atoms with Gasteiger partial charge in [-0.05, 0) is 24.3 Å². The quantitative estimate of drug-likeness (QED) is 0.611. The number of benzene rings is 1. The zero-order chi connectivity index (χ0) is 23.9. The molecule has 184 valence electrons. The van der Waals surface area contributed by atoms with Crippen LogP contribution >= 0.6 is 0 Å². The molecule has 11 nitrogen and oxygen atoms in total. The van der Waals surface area contributed by atoms with Crippen LogP contribution in [0.1, 0.15) is 0 Å². The van der Waals surface area contributed by atoms with E-state index in [4.69, 9.17) is 14.6 Å². The van der Waals surface area contributed by atoms with Crippen LogP contribution in [0.25, 0.3) is 0 Å². The van der Waals surface area contributed by atoms with Crippen LogP contribution in [-0.2, 0) is 0 Å². The minimum Gasteiger partial charge on any atom is -0.493 e. The fraction of sp³-hybridized carbons (Fsp3) is 0.522. The van der Waals surface area contributed by atoms with E-state index >= 15 is 0 Å². The van der Waals surface area contributed by atoms with Gasteiger partial charge in [0.2, 0.25) is 0 Å². The minimum atomic E-state index is -0.145. The fourth-order valence-corrected chi connectivity index (χ4v) is 4.25. The Morgan fingerprint density at radius 3 is 2.00 bits per heavy atom. The molecule has 1 aromatic carbocycles. The van der Waals surface area contributed by atoms with Crippen molar-refractivity contribution in [3.63, 3.8) is 0 Å². The second-order valence-corrected chi connectivity index (χ2v) is 8.28. The number of urea groups is 1. The van der Waals surface area contributed by atoms with E-state index in [0.29, 0.717) is 43.4 Å². The van der Waals surface area contributed by atoms with Gasteiger partial charge in [0.05, 0.1) is 20.8 Å². The molecule has 11 heteroatoms. The van der Waals surface area contributed by atoms with E-state index in [0.717, 1.165) is 44.4 Å². The molecule has 3 heterocycles. The Balaban J connectivity index is 1.27. The Kier molecular flexibility index (Phi) is 7.86. The van der Waals surface area contributed by atoms with Crippen molar-refractivity contribution in [1.82, 2.24) is 20.0 Å². The highest BCUT2D eigenvalue weighted by Gasteiger charge is 2.23. The number of hydrogen-bond donors (Lipinski definition) is 2. The van der Waals surface area contributed by atoms with Crippen LogP contribution in [0.2, 0.25) is 0 Å². The van der Waals surface area contributed by atoms with Crippen LogP contribution in [0.15, 0.2) is 30.3 Å². The lowest BCUT2D eigenvalue weighted by Crippen LogP contribution is -2.50. The molecule has 1 aromatic heterocycles. The van der Waals surface area contributed by atoms with E-state index in [9.17, 15) is 4.79 Å². The summed E-state index contributed by atoms with van der Waals surface area (Å²) in [4.78, 5) is 21.1. The van der Waals surface area contributed by atoms with Gasteiger partial charge in [0.1, 0.15) is 0 Å². The number of ether oxygens (including phenoxy) is 2. The van der Waals surface area contributed by atoms with Gasteiger partial charge in [-0.3, -0.25) is 4.90 Å². The van der Waals surface area contributed by atoms with Gasteiger partial charge in [0.25, 0.3) is 0 Å². The van der Waals surface area contributed by atoms with Gasteiger partial charge >= 0.3 is 6.03 Å². The van der Waals surface area contributed by atoms with Gasteiger partial charge in [-0.1, -0.05) is 0 Å². The van der Waals surface area contributed by atoms with Crippen LogP contribution in [0, 0.1) is 0 Å². The molecule has 34 heavy (non-hydrogen) atoms. The predicted molar refractivity (Wildman–Crippen MR) is 130 cm³/mol. The molecule has 2 amide bonds. The van der Waals surface area contributed by atoms with Crippen LogP contribution in [0.3, 0.4) is 0 Å². The lowest BCUT2D eigenvalue weighted by atomic mass is 10.2. The number of hydrogen-bond acceptors (Lipinski definition) is 9. The highest BCUT2D eigenvalue weighted by molar-refractivity contribution is 5.90. The summed E-state index contributed by atoms with van der Waals surface area (Å²) < 4.78 is 10.5. The zero-order valence-corrected chi connectivity index (χ0v) is 19.8. The normalized spacial score (nSPS) is 17.0. The summed E-state index contributed by atoms with van der Waals surface area (Å²) in [6.07, 6.45) is 0. The van der Waals surface area contributed by atoms with Crippen LogP contribution in [-0.4, -0.2) is 111 Å². The monoisotopic (exact) mass is 471 g/mol. The van der Waals surface area contributed by atoms with E-state index in [2.05, 4.69) is 30.2 Å². The first-order chi connectivity index (χ1) is 16.6. The number of piperazine rings is 2. The number of rotatable bonds is 7. The maximum absolute atomic E-state index is 12.7. The Hall–Kier alpha value is -3.31. The second kappa shape index (κ2) is 11.2. The third-order valence-electron chi connectivity index (χ3n) is 6.27. The molecule has 0 radical (unpaired) electrons. The molecule has 2 saturated heterocycles. The fourth-order valence-electron chi connectivity index (χ4n) is 4.25. The van der Waals surface area contributed by atoms with E-state index in [1.807, 2.05) is 12.1 Å². The Morgan fingerprint density at radius 1 is 0.882 bits per heavy atom. The van der Waals surface area contributed by atoms with Crippen molar-refractivity contribution in [2.24, 2.45) is 0 Å². The summed E-state index contributed by atoms with van der Waals surface area (Å²) in [5.41, 5.74) is 0.656. The number of anilines is 3. The van der Waals surface area contributed by atoms with Crippen molar-refractivity contribution in [2.45, 2.75) is 0 Å². The standard InChI is InChI=1S/C23H33N7O4/c1-33-19-4-3-18(17-20(19)34-2)24-23(32)30-13-11-29(12-14-30)22-6-5-21(25-26-22)28-9-7-27(8-10-28)15-16-31/h3-6,17,31H,7-16H2,1-2H3,(H,24,32). The average Bonchev–Trinajstić information content (AvgIpc) is 2.89. The highest BCUT2D eigenvalue weighted by Crippen LogP contribution is 2.30. The van der Waals surface area contributed by atoms with E-state index in [-0.39, 0.29) is 12.6 Å². The summed E-state index contributed by atoms with van der Waals surface area (Å²) in [6.45, 7) is 7.06. The molecule has 4 rings (SSSR count). The number of amides is 2. The molecular formula is C23H33N7O4. The molecule has 0 unspecified atom stereocenters. The van der Waals surface area contributed by atoms with E-state index < -0.39 is 0 Å². The molecule has 0 spiro atoms. The van der Waals surface area contributed by atoms with Crippen molar-refractivity contribution < 1.29 is 19.4 Å². The van der Waals surface area contributed by atoms with E-state index in [1.165, 1.54) is 0 Å². The SMILES string of the molecule is COc1ccc(NC(=O)N2CCN(c3ccc(N4CCN(CCO)CC4)nn3)CC2)cc1OC. The smallest absolute Gasteiger partial charge is 0.321 e. The summed E-state index contributed by atoms with van der Waals surface area (Å²) in [6, 6.07) is 9.18. The molecular weight excluding hydrogens is 438 g/mol. The summed E-state index contributed by atoms with van der Waals surface area (Å²) >= 11 is 0. The van der Waals surface area contributed by atoms with Crippen molar-refractivity contribution >= 4 is 23.4 Å². The maximum Gasteiger partial charge on any atom is 0.321 e. The third kappa shape index (κ3) is 5.60. The second-order valence-electron chi connectivity index (χ2n) is 8.28. The first-order valence-corrected chi connectivity index (χ1v) is 11.6. The van der Waals surface area contributed by atoms with Crippen molar-refractivity contribution in [2.75, 3.05) is 94.8 Å². The largest absolute Gasteiger partial charge is 0.493 e. The van der Waals surface area contributed by atoms with E-state index in [1.54, 1.807) is 37.3 Å². The lowest BCUT2D eigenvalue weighted by molar-refractivity contribution is 0.188. The molecule has 2 aliphatic rings. The topological polar surface area (TPSA) is 107 Å². The number of aromatic nitrogens is 2. The van der Waals surface area contributed by atoms with Crippen molar-refractivity contribution in [3.05, 3.63) is 30.3 Å². The maximum atomic E-state index is 12.7. The van der Waals surface area contributed by atoms with Crippen LogP contribution in [0.5, 0.6) is 11.5 Å². The van der Waals surface area contributed by atoms with Crippen molar-refractivity contribution in [3.8, 4) is 11.5 Å². The predicted octanol–water partition coefficient (Wildman–Crippen LogP) is 0.962. The first kappa shape index (κ1) is 23.8. The number of methoxy groups -OCH3 is 2. The molecule has 2 N–H and O–H groups in total. The number of nitrogens with one attached hydrogen (secondary N) is 1. The Morgan fingerprint density at radius 2 is 1.47 bits per heavy atom. The number of β-amino-alcohol motifs (C(OH)–C–C–N with tert-alkyl or cyclic N) is 1. The molecule has 2 aliphatic heterocycles. The first-order valence-electron chi connectivity index (χ1n) is 11.6. The van der Waals surface area contributed by atoms with Gasteiger partial charge in [0.15, 0.2) is 23.1 Å². The van der Waals surface area contributed by atoms with Crippen LogP contribution in [0.4, 0.5) is 22.1 Å². The molecule has 2 fully saturated rings. The van der Waals surface area contributed by atoms with Crippen molar-refractivity contribution in [1.29, 1.82) is 0 Å². The number of carbonyl (C=O) groups excluding carboxylic acids is 1. The Labute approximate surface area is 199 Å². The minimum absolute atomic E-state index is 0.145. The highest BCUT2D eigenvalue weighted by atomic mass is 16.5. The number of nitrogens with zero attached hydrogens (tertiary/aromatic N) is 6. The van der Waals surface area contributed by atoms with Gasteiger partial charge in [-0.2, -0.15) is 0 Å². The average molecular weight is 472 g/mol. The number of carbonyl (C=O) groups is 1. The Bertz CT molecular complexity index is 943. The molecule has 2 aromatic rings.